The molecule has 1 aromatic rings. The van der Waals surface area contributed by atoms with E-state index in [-0.39, 0.29) is 0 Å². The fourth-order valence-corrected chi connectivity index (χ4v) is 1.94. The summed E-state index contributed by atoms with van der Waals surface area (Å²) in [6.45, 7) is 0. The van der Waals surface area contributed by atoms with Crippen molar-refractivity contribution in [2.45, 2.75) is 12.8 Å². The van der Waals surface area contributed by atoms with Crippen molar-refractivity contribution >= 4 is 44.4 Å². The molecule has 1 rings (SSSR count). The van der Waals surface area contributed by atoms with Gasteiger partial charge in [-0.3, -0.25) is 4.79 Å². The Labute approximate surface area is 102 Å². The molecule has 0 aliphatic carbocycles. The molecule has 0 aliphatic rings. The predicted octanol–water partition coefficient (Wildman–Crippen LogP) is 4.00. The molecule has 4 heteroatoms. The summed E-state index contributed by atoms with van der Waals surface area (Å²) in [6.07, 6.45) is 1.62. The molecular weight excluding hydrogens is 287 g/mol. The number of halogens is 3. The largest absolute Gasteiger partial charge is 0.276 e. The van der Waals surface area contributed by atoms with E-state index >= 15 is 0 Å². The summed E-state index contributed by atoms with van der Waals surface area (Å²) < 4.78 is 0.948. The summed E-state index contributed by atoms with van der Waals surface area (Å²) in [5.41, 5.74) is 1.51. The lowest BCUT2D eigenvalue weighted by atomic mass is 10.0. The molecule has 0 N–H and O–H groups in total. The molecule has 0 aliphatic heterocycles. The number of alkyl halides is 1. The van der Waals surface area contributed by atoms with E-state index in [1.54, 1.807) is 12.1 Å². The van der Waals surface area contributed by atoms with E-state index < -0.39 is 5.24 Å². The molecule has 1 nitrogen and oxygen atoms in total. The molecule has 0 amide bonds. The van der Waals surface area contributed by atoms with Gasteiger partial charge in [0, 0.05) is 15.9 Å². The zero-order valence-corrected chi connectivity index (χ0v) is 10.5. The van der Waals surface area contributed by atoms with Crippen molar-refractivity contribution in [2.75, 3.05) is 5.88 Å². The summed E-state index contributed by atoms with van der Waals surface area (Å²) in [4.78, 5) is 11.1. The molecule has 0 saturated heterocycles. The van der Waals surface area contributed by atoms with Gasteiger partial charge in [0.25, 0.3) is 5.24 Å². The molecule has 0 spiro atoms. The maximum absolute atomic E-state index is 11.1. The fourth-order valence-electron chi connectivity index (χ4n) is 1.22. The smallest absolute Gasteiger partial charge is 0.252 e. The van der Waals surface area contributed by atoms with Gasteiger partial charge in [0.1, 0.15) is 0 Å². The van der Waals surface area contributed by atoms with Crippen LogP contribution in [0.3, 0.4) is 0 Å². The van der Waals surface area contributed by atoms with Crippen molar-refractivity contribution in [1.82, 2.24) is 0 Å². The minimum atomic E-state index is -0.415. The Bertz CT molecular complexity index is 339. The minimum absolute atomic E-state index is 0.415. The first-order valence-corrected chi connectivity index (χ1v) is 5.90. The zero-order valence-electron chi connectivity index (χ0n) is 7.40. The van der Waals surface area contributed by atoms with E-state index in [1.165, 1.54) is 0 Å². The lowest BCUT2D eigenvalue weighted by Crippen LogP contribution is -1.98. The number of hydrogen-bond donors (Lipinski definition) is 0. The Kier molecular flexibility index (Phi) is 4.93. The third-order valence-electron chi connectivity index (χ3n) is 1.86. The van der Waals surface area contributed by atoms with Crippen molar-refractivity contribution in [1.29, 1.82) is 0 Å². The summed E-state index contributed by atoms with van der Waals surface area (Å²) in [6, 6.07) is 5.44. The van der Waals surface area contributed by atoms with Crippen molar-refractivity contribution in [3.05, 3.63) is 33.8 Å². The topological polar surface area (TPSA) is 17.1 Å². The van der Waals surface area contributed by atoms with Crippen LogP contribution in [0.1, 0.15) is 22.3 Å². The summed E-state index contributed by atoms with van der Waals surface area (Å²) in [5, 5.41) is -0.415. The highest BCUT2D eigenvalue weighted by Crippen LogP contribution is 2.19. The lowest BCUT2D eigenvalue weighted by molar-refractivity contribution is 0.108. The molecule has 0 atom stereocenters. The molecule has 0 fully saturated rings. The Morgan fingerprint density at radius 3 is 2.71 bits per heavy atom. The van der Waals surface area contributed by atoms with Crippen LogP contribution in [0.4, 0.5) is 0 Å². The average Bonchev–Trinajstić information content (AvgIpc) is 2.14. The molecule has 0 aromatic heterocycles. The molecule has 0 radical (unpaired) electrons. The second kappa shape index (κ2) is 5.74. The average molecular weight is 296 g/mol. The van der Waals surface area contributed by atoms with Crippen molar-refractivity contribution in [2.24, 2.45) is 0 Å². The van der Waals surface area contributed by atoms with E-state index in [2.05, 4.69) is 15.9 Å². The lowest BCUT2D eigenvalue weighted by Gasteiger charge is -2.05. The van der Waals surface area contributed by atoms with Crippen LogP contribution in [0.5, 0.6) is 0 Å². The van der Waals surface area contributed by atoms with Gasteiger partial charge in [-0.25, -0.2) is 0 Å². The van der Waals surface area contributed by atoms with E-state index in [1.807, 2.05) is 6.07 Å². The van der Waals surface area contributed by atoms with Crippen LogP contribution in [0, 0.1) is 0 Å². The monoisotopic (exact) mass is 294 g/mol. The molecule has 1 aromatic carbocycles. The van der Waals surface area contributed by atoms with Gasteiger partial charge >= 0.3 is 0 Å². The fraction of sp³-hybridized carbons (Fsp3) is 0.300. The summed E-state index contributed by atoms with van der Waals surface area (Å²) in [5.74, 6) is 0.586. The highest BCUT2D eigenvalue weighted by Gasteiger charge is 2.08. The van der Waals surface area contributed by atoms with Gasteiger partial charge in [-0.2, -0.15) is 0 Å². The molecule has 0 saturated carbocycles. The van der Waals surface area contributed by atoms with Crippen LogP contribution in [0.2, 0.25) is 0 Å². The Hall–Kier alpha value is -0.0500. The van der Waals surface area contributed by atoms with Gasteiger partial charge in [0.15, 0.2) is 0 Å². The molecule has 0 bridgehead atoms. The van der Waals surface area contributed by atoms with E-state index in [0.29, 0.717) is 11.4 Å². The molecule has 0 unspecified atom stereocenters. The molecule has 76 valence electrons. The maximum Gasteiger partial charge on any atom is 0.252 e. The molecule has 14 heavy (non-hydrogen) atoms. The van der Waals surface area contributed by atoms with Gasteiger partial charge < -0.3 is 0 Å². The second-order valence-electron chi connectivity index (χ2n) is 2.87. The number of carbonyl (C=O) groups excluding carboxylic acids is 1. The van der Waals surface area contributed by atoms with Crippen LogP contribution < -0.4 is 0 Å². The Balaban J connectivity index is 2.97. The van der Waals surface area contributed by atoms with Crippen LogP contribution in [0.15, 0.2) is 22.7 Å². The third-order valence-corrected chi connectivity index (χ3v) is 2.82. The van der Waals surface area contributed by atoms with Crippen LogP contribution in [-0.2, 0) is 6.42 Å². The summed E-state index contributed by atoms with van der Waals surface area (Å²) in [7, 11) is 0. The first-order chi connectivity index (χ1) is 6.65. The summed E-state index contributed by atoms with van der Waals surface area (Å²) >= 11 is 14.4. The first kappa shape index (κ1) is 12.0. The van der Waals surface area contributed by atoms with E-state index in [9.17, 15) is 4.79 Å². The standard InChI is InChI=1S/C10H9BrCl2O/c11-8-3-4-9(10(13)14)7(6-8)2-1-5-12/h3-4,6H,1-2,5H2. The van der Waals surface area contributed by atoms with Gasteiger partial charge in [0.05, 0.1) is 0 Å². The van der Waals surface area contributed by atoms with Crippen molar-refractivity contribution in [3.8, 4) is 0 Å². The van der Waals surface area contributed by atoms with Gasteiger partial charge in [0.2, 0.25) is 0 Å². The quantitative estimate of drug-likeness (QED) is 0.606. The first-order valence-electron chi connectivity index (χ1n) is 4.19. The van der Waals surface area contributed by atoms with E-state index in [4.69, 9.17) is 23.2 Å². The van der Waals surface area contributed by atoms with Crippen LogP contribution in [-0.4, -0.2) is 11.1 Å². The maximum atomic E-state index is 11.1. The predicted molar refractivity (Wildman–Crippen MR) is 63.4 cm³/mol. The van der Waals surface area contributed by atoms with Gasteiger partial charge in [-0.15, -0.1) is 11.6 Å². The Morgan fingerprint density at radius 1 is 1.43 bits per heavy atom. The van der Waals surface area contributed by atoms with Crippen LogP contribution >= 0.6 is 39.1 Å². The number of hydrogen-bond acceptors (Lipinski definition) is 1. The SMILES string of the molecule is O=C(Cl)c1ccc(Br)cc1CCCCl. The molecular formula is C10H9BrCl2O. The van der Waals surface area contributed by atoms with Crippen molar-refractivity contribution in [3.63, 3.8) is 0 Å². The van der Waals surface area contributed by atoms with Crippen LogP contribution in [0.25, 0.3) is 0 Å². The number of rotatable bonds is 4. The highest BCUT2D eigenvalue weighted by atomic mass is 79.9. The van der Waals surface area contributed by atoms with Crippen molar-refractivity contribution < 1.29 is 4.79 Å². The van der Waals surface area contributed by atoms with Gasteiger partial charge in [-0.05, 0) is 48.2 Å². The second-order valence-corrected chi connectivity index (χ2v) is 4.50. The third kappa shape index (κ3) is 3.26. The van der Waals surface area contributed by atoms with Gasteiger partial charge in [-0.1, -0.05) is 15.9 Å². The highest BCUT2D eigenvalue weighted by molar-refractivity contribution is 9.10. The molecule has 0 heterocycles. The number of carbonyl (C=O) groups is 1. The normalized spacial score (nSPS) is 10.2. The minimum Gasteiger partial charge on any atom is -0.276 e. The van der Waals surface area contributed by atoms with E-state index in [0.717, 1.165) is 22.9 Å². The Morgan fingerprint density at radius 2 is 2.14 bits per heavy atom. The number of benzene rings is 1. The zero-order chi connectivity index (χ0) is 10.6. The number of aryl methyl sites for hydroxylation is 1.